The lowest BCUT2D eigenvalue weighted by atomic mass is 10.1. The van der Waals surface area contributed by atoms with Gasteiger partial charge in [0, 0.05) is 32.9 Å². The molecule has 2 rings (SSSR count). The molecule has 0 N–H and O–H groups in total. The van der Waals surface area contributed by atoms with E-state index in [1.165, 1.54) is 0 Å². The number of nitrogens with zero attached hydrogens (tertiary/aromatic N) is 4. The largest absolute Gasteiger partial charge is 0.444 e. The van der Waals surface area contributed by atoms with Crippen molar-refractivity contribution in [2.24, 2.45) is 5.92 Å². The fourth-order valence-corrected chi connectivity index (χ4v) is 2.59. The first-order valence-corrected chi connectivity index (χ1v) is 7.80. The molecule has 1 atom stereocenters. The van der Waals surface area contributed by atoms with E-state index in [0.717, 1.165) is 19.5 Å². The Balaban J connectivity index is 1.87. The minimum absolute atomic E-state index is 0.239. The van der Waals surface area contributed by atoms with Crippen LogP contribution >= 0.6 is 11.6 Å². The van der Waals surface area contributed by atoms with Crippen molar-refractivity contribution >= 4 is 23.6 Å². The molecule has 0 spiro atoms. The van der Waals surface area contributed by atoms with E-state index in [-0.39, 0.29) is 6.09 Å². The standard InChI is InChI=1S/C15H23ClN4O2/c1-15(2,3)22-14(21)20-8-6-11(10-20)9-19(4)13-17-7-5-12(16)18-13/h5,7,11H,6,8-10H2,1-4H3/t11-/m0/s1. The Labute approximate surface area is 136 Å². The summed E-state index contributed by atoms with van der Waals surface area (Å²) in [7, 11) is 1.93. The summed E-state index contributed by atoms with van der Waals surface area (Å²) < 4.78 is 5.41. The number of halogens is 1. The van der Waals surface area contributed by atoms with Crippen LogP contribution in [0.5, 0.6) is 0 Å². The smallest absolute Gasteiger partial charge is 0.410 e. The van der Waals surface area contributed by atoms with Gasteiger partial charge in [-0.3, -0.25) is 0 Å². The van der Waals surface area contributed by atoms with Crippen molar-refractivity contribution in [1.29, 1.82) is 0 Å². The zero-order valence-corrected chi connectivity index (χ0v) is 14.3. The summed E-state index contributed by atoms with van der Waals surface area (Å²) in [5.41, 5.74) is -0.458. The van der Waals surface area contributed by atoms with Crippen molar-refractivity contribution in [3.05, 3.63) is 17.4 Å². The van der Waals surface area contributed by atoms with Crippen LogP contribution in [0.15, 0.2) is 12.3 Å². The molecule has 0 bridgehead atoms. The van der Waals surface area contributed by atoms with Gasteiger partial charge in [-0.25, -0.2) is 14.8 Å². The first-order chi connectivity index (χ1) is 10.2. The van der Waals surface area contributed by atoms with Crippen LogP contribution in [0.2, 0.25) is 5.15 Å². The minimum atomic E-state index is -0.458. The highest BCUT2D eigenvalue weighted by molar-refractivity contribution is 6.29. The lowest BCUT2D eigenvalue weighted by Crippen LogP contribution is -2.36. The molecule has 2 heterocycles. The predicted octanol–water partition coefficient (Wildman–Crippen LogP) is 2.82. The second-order valence-corrected chi connectivity index (χ2v) is 7.03. The van der Waals surface area contributed by atoms with Crippen LogP contribution in [0, 0.1) is 5.92 Å². The van der Waals surface area contributed by atoms with Gasteiger partial charge in [0.25, 0.3) is 0 Å². The Kier molecular flexibility index (Phi) is 5.11. The molecule has 6 nitrogen and oxygen atoms in total. The lowest BCUT2D eigenvalue weighted by Gasteiger charge is -2.25. The van der Waals surface area contributed by atoms with Crippen LogP contribution in [-0.2, 0) is 4.74 Å². The second kappa shape index (κ2) is 6.69. The molecule has 1 amide bonds. The van der Waals surface area contributed by atoms with Gasteiger partial charge in [-0.15, -0.1) is 0 Å². The third-order valence-electron chi connectivity index (χ3n) is 3.42. The summed E-state index contributed by atoms with van der Waals surface area (Å²) in [6.45, 7) is 7.83. The van der Waals surface area contributed by atoms with Crippen LogP contribution in [0.4, 0.5) is 10.7 Å². The van der Waals surface area contributed by atoms with Gasteiger partial charge in [0.1, 0.15) is 10.8 Å². The molecule has 0 aliphatic carbocycles. The maximum atomic E-state index is 12.1. The minimum Gasteiger partial charge on any atom is -0.444 e. The molecule has 1 aromatic rings. The molecule has 0 saturated carbocycles. The fourth-order valence-electron chi connectivity index (χ4n) is 2.45. The predicted molar refractivity (Wildman–Crippen MR) is 86.2 cm³/mol. The van der Waals surface area contributed by atoms with Crippen molar-refractivity contribution in [2.45, 2.75) is 32.8 Å². The molecule has 1 aliphatic heterocycles. The quantitative estimate of drug-likeness (QED) is 0.799. The first kappa shape index (κ1) is 16.8. The van der Waals surface area contributed by atoms with Gasteiger partial charge >= 0.3 is 6.09 Å². The Bertz CT molecular complexity index is 533. The van der Waals surface area contributed by atoms with Crippen LogP contribution in [-0.4, -0.2) is 53.2 Å². The number of amides is 1. The molecule has 1 saturated heterocycles. The third kappa shape index (κ3) is 4.73. The van der Waals surface area contributed by atoms with Crippen molar-refractivity contribution in [3.63, 3.8) is 0 Å². The highest BCUT2D eigenvalue weighted by atomic mass is 35.5. The number of carbonyl (C=O) groups is 1. The van der Waals surface area contributed by atoms with Gasteiger partial charge in [-0.2, -0.15) is 0 Å². The maximum absolute atomic E-state index is 12.1. The van der Waals surface area contributed by atoms with Gasteiger partial charge in [0.2, 0.25) is 5.95 Å². The van der Waals surface area contributed by atoms with E-state index in [2.05, 4.69) is 9.97 Å². The average Bonchev–Trinajstić information content (AvgIpc) is 2.85. The number of hydrogen-bond donors (Lipinski definition) is 0. The highest BCUT2D eigenvalue weighted by Crippen LogP contribution is 2.21. The SMILES string of the molecule is CN(C[C@@H]1CCN(C(=O)OC(C)(C)C)C1)c1nccc(Cl)n1. The summed E-state index contributed by atoms with van der Waals surface area (Å²) in [5, 5.41) is 0.429. The van der Waals surface area contributed by atoms with E-state index in [9.17, 15) is 4.79 Å². The lowest BCUT2D eigenvalue weighted by molar-refractivity contribution is 0.0288. The summed E-state index contributed by atoms with van der Waals surface area (Å²) >= 11 is 5.88. The Morgan fingerprint density at radius 3 is 2.91 bits per heavy atom. The third-order valence-corrected chi connectivity index (χ3v) is 3.63. The molecule has 1 fully saturated rings. The number of anilines is 1. The molecule has 1 aromatic heterocycles. The van der Waals surface area contributed by atoms with E-state index < -0.39 is 5.60 Å². The van der Waals surface area contributed by atoms with E-state index in [1.807, 2.05) is 32.7 Å². The Morgan fingerprint density at radius 2 is 2.27 bits per heavy atom. The number of carbonyl (C=O) groups excluding carboxylic acids is 1. The number of ether oxygens (including phenoxy) is 1. The molecule has 0 unspecified atom stereocenters. The Morgan fingerprint density at radius 1 is 1.55 bits per heavy atom. The van der Waals surface area contributed by atoms with E-state index in [1.54, 1.807) is 17.2 Å². The van der Waals surface area contributed by atoms with Gasteiger partial charge in [0.15, 0.2) is 0 Å². The van der Waals surface area contributed by atoms with E-state index in [0.29, 0.717) is 23.6 Å². The van der Waals surface area contributed by atoms with Gasteiger partial charge in [-0.1, -0.05) is 11.6 Å². The van der Waals surface area contributed by atoms with Gasteiger partial charge < -0.3 is 14.5 Å². The highest BCUT2D eigenvalue weighted by Gasteiger charge is 2.30. The van der Waals surface area contributed by atoms with E-state index in [4.69, 9.17) is 16.3 Å². The van der Waals surface area contributed by atoms with Crippen LogP contribution in [0.3, 0.4) is 0 Å². The zero-order chi connectivity index (χ0) is 16.3. The summed E-state index contributed by atoms with van der Waals surface area (Å²) in [6.07, 6.45) is 2.35. The summed E-state index contributed by atoms with van der Waals surface area (Å²) in [5.74, 6) is 0.975. The number of aromatic nitrogens is 2. The maximum Gasteiger partial charge on any atom is 0.410 e. The molecule has 22 heavy (non-hydrogen) atoms. The van der Waals surface area contributed by atoms with Crippen molar-refractivity contribution in [3.8, 4) is 0 Å². The van der Waals surface area contributed by atoms with Crippen LogP contribution in [0.1, 0.15) is 27.2 Å². The van der Waals surface area contributed by atoms with Crippen molar-refractivity contribution in [2.75, 3.05) is 31.6 Å². The van der Waals surface area contributed by atoms with Crippen molar-refractivity contribution in [1.82, 2.24) is 14.9 Å². The Hall–Kier alpha value is -1.56. The van der Waals surface area contributed by atoms with E-state index >= 15 is 0 Å². The van der Waals surface area contributed by atoms with Crippen LogP contribution < -0.4 is 4.90 Å². The molecular formula is C15H23ClN4O2. The monoisotopic (exact) mass is 326 g/mol. The average molecular weight is 327 g/mol. The number of hydrogen-bond acceptors (Lipinski definition) is 5. The van der Waals surface area contributed by atoms with Crippen LogP contribution in [0.25, 0.3) is 0 Å². The van der Waals surface area contributed by atoms with Gasteiger partial charge in [-0.05, 0) is 39.2 Å². The summed E-state index contributed by atoms with van der Waals surface area (Å²) in [4.78, 5) is 24.2. The van der Waals surface area contributed by atoms with Gasteiger partial charge in [0.05, 0.1) is 0 Å². The second-order valence-electron chi connectivity index (χ2n) is 6.64. The normalized spacial score (nSPS) is 18.4. The summed E-state index contributed by atoms with van der Waals surface area (Å²) in [6, 6.07) is 1.65. The number of rotatable bonds is 3. The molecule has 0 radical (unpaired) electrons. The fraction of sp³-hybridized carbons (Fsp3) is 0.667. The molecule has 1 aliphatic rings. The molecule has 7 heteroatoms. The zero-order valence-electron chi connectivity index (χ0n) is 13.5. The first-order valence-electron chi connectivity index (χ1n) is 7.42. The molecule has 122 valence electrons. The number of likely N-dealkylation sites (tertiary alicyclic amines) is 1. The topological polar surface area (TPSA) is 58.6 Å². The molecule has 0 aromatic carbocycles. The van der Waals surface area contributed by atoms with Crippen molar-refractivity contribution < 1.29 is 9.53 Å². The molecular weight excluding hydrogens is 304 g/mol.